The summed E-state index contributed by atoms with van der Waals surface area (Å²) in [6.45, 7) is 8.21. The van der Waals surface area contributed by atoms with Crippen LogP contribution < -0.4 is 10.2 Å². The maximum absolute atomic E-state index is 15.4. The minimum Gasteiger partial charge on any atom is -0.369 e. The molecule has 1 aliphatic heterocycles. The highest BCUT2D eigenvalue weighted by Gasteiger charge is 2.30. The van der Waals surface area contributed by atoms with E-state index in [0.29, 0.717) is 12.0 Å². The predicted molar refractivity (Wildman–Crippen MR) is 114 cm³/mol. The summed E-state index contributed by atoms with van der Waals surface area (Å²) >= 11 is 6.38. The molecule has 146 valence electrons. The molecule has 0 aromatic heterocycles. The zero-order valence-corrected chi connectivity index (χ0v) is 17.2. The van der Waals surface area contributed by atoms with Crippen molar-refractivity contribution in [3.63, 3.8) is 0 Å². The SMILES string of the molecule is CCc1ccccc1CCC(F)(Cl)c1ccc(N2CCNCC2)c(CC)c1. The number of rotatable bonds is 7. The molecule has 0 radical (unpaired) electrons. The van der Waals surface area contributed by atoms with Crippen LogP contribution in [-0.2, 0) is 24.4 Å². The second-order valence-electron chi connectivity index (χ2n) is 7.26. The Morgan fingerprint density at radius 2 is 1.67 bits per heavy atom. The summed E-state index contributed by atoms with van der Waals surface area (Å²) in [5.41, 5.74) is 5.43. The van der Waals surface area contributed by atoms with Gasteiger partial charge in [0, 0.05) is 43.9 Å². The lowest BCUT2D eigenvalue weighted by Crippen LogP contribution is -2.43. The number of alkyl halides is 2. The zero-order valence-electron chi connectivity index (χ0n) is 16.4. The van der Waals surface area contributed by atoms with Crippen molar-refractivity contribution in [1.29, 1.82) is 0 Å². The molecule has 4 heteroatoms. The number of anilines is 1. The third-order valence-electron chi connectivity index (χ3n) is 5.55. The Morgan fingerprint density at radius 1 is 1.00 bits per heavy atom. The van der Waals surface area contributed by atoms with Crippen molar-refractivity contribution in [2.24, 2.45) is 0 Å². The molecule has 27 heavy (non-hydrogen) atoms. The highest BCUT2D eigenvalue weighted by Crippen LogP contribution is 2.38. The fourth-order valence-electron chi connectivity index (χ4n) is 3.89. The number of piperazine rings is 1. The van der Waals surface area contributed by atoms with Gasteiger partial charge in [-0.15, -0.1) is 0 Å². The van der Waals surface area contributed by atoms with Crippen LogP contribution >= 0.6 is 11.6 Å². The first kappa shape index (κ1) is 20.2. The van der Waals surface area contributed by atoms with Crippen molar-refractivity contribution in [2.75, 3.05) is 31.1 Å². The molecule has 2 aromatic rings. The summed E-state index contributed by atoms with van der Waals surface area (Å²) in [4.78, 5) is 2.38. The highest BCUT2D eigenvalue weighted by molar-refractivity contribution is 6.22. The van der Waals surface area contributed by atoms with Gasteiger partial charge < -0.3 is 10.2 Å². The molecule has 2 nitrogen and oxygen atoms in total. The van der Waals surface area contributed by atoms with Crippen LogP contribution in [0.1, 0.15) is 42.5 Å². The largest absolute Gasteiger partial charge is 0.369 e. The van der Waals surface area contributed by atoms with Gasteiger partial charge in [-0.1, -0.05) is 55.8 Å². The topological polar surface area (TPSA) is 15.3 Å². The fraction of sp³-hybridized carbons (Fsp3) is 0.478. The van der Waals surface area contributed by atoms with E-state index >= 15 is 4.39 Å². The summed E-state index contributed by atoms with van der Waals surface area (Å²) in [5, 5.41) is 1.54. The first-order valence-electron chi connectivity index (χ1n) is 10.1. The average molecular weight is 389 g/mol. The fourth-order valence-corrected chi connectivity index (χ4v) is 4.10. The van der Waals surface area contributed by atoms with E-state index in [-0.39, 0.29) is 6.42 Å². The molecule has 3 rings (SSSR count). The average Bonchev–Trinajstić information content (AvgIpc) is 2.72. The smallest absolute Gasteiger partial charge is 0.209 e. The van der Waals surface area contributed by atoms with Crippen molar-refractivity contribution in [3.8, 4) is 0 Å². The standard InChI is InChI=1S/C23H30ClFN2/c1-3-18-7-5-6-8-20(18)11-12-23(24,25)21-9-10-22(19(4-2)17-21)27-15-13-26-14-16-27/h5-10,17,26H,3-4,11-16H2,1-2H3. The van der Waals surface area contributed by atoms with Gasteiger partial charge in [-0.2, -0.15) is 0 Å². The molecular weight excluding hydrogens is 359 g/mol. The molecule has 1 N–H and O–H groups in total. The molecule has 0 saturated carbocycles. The van der Waals surface area contributed by atoms with Gasteiger partial charge in [0.1, 0.15) is 0 Å². The van der Waals surface area contributed by atoms with Crippen molar-refractivity contribution < 1.29 is 4.39 Å². The monoisotopic (exact) mass is 388 g/mol. The van der Waals surface area contributed by atoms with Crippen LogP contribution in [0.15, 0.2) is 42.5 Å². The van der Waals surface area contributed by atoms with Crippen molar-refractivity contribution in [3.05, 3.63) is 64.7 Å². The predicted octanol–water partition coefficient (Wildman–Crippen LogP) is 5.21. The Hall–Kier alpha value is -1.58. The Balaban J connectivity index is 1.77. The Morgan fingerprint density at radius 3 is 2.33 bits per heavy atom. The number of aryl methyl sites for hydroxylation is 3. The van der Waals surface area contributed by atoms with Crippen LogP contribution in [0.4, 0.5) is 10.1 Å². The minimum absolute atomic E-state index is 0.279. The lowest BCUT2D eigenvalue weighted by atomic mass is 9.95. The number of nitrogens with one attached hydrogen (secondary N) is 1. The molecule has 1 unspecified atom stereocenters. The third-order valence-corrected chi connectivity index (χ3v) is 5.96. The van der Waals surface area contributed by atoms with E-state index in [2.05, 4.69) is 42.3 Å². The Kier molecular flexibility index (Phi) is 6.78. The van der Waals surface area contributed by atoms with Crippen LogP contribution in [0.2, 0.25) is 0 Å². The highest BCUT2D eigenvalue weighted by atomic mass is 35.5. The lowest BCUT2D eigenvalue weighted by Gasteiger charge is -2.32. The van der Waals surface area contributed by atoms with Crippen molar-refractivity contribution in [1.82, 2.24) is 5.32 Å². The van der Waals surface area contributed by atoms with Gasteiger partial charge in [0.25, 0.3) is 0 Å². The summed E-state index contributed by atoms with van der Waals surface area (Å²) in [5.74, 6) is 0. The third kappa shape index (κ3) is 4.83. The molecule has 0 amide bonds. The number of nitrogens with zero attached hydrogens (tertiary/aromatic N) is 1. The van der Waals surface area contributed by atoms with Gasteiger partial charge in [-0.25, -0.2) is 4.39 Å². The van der Waals surface area contributed by atoms with E-state index in [0.717, 1.165) is 39.0 Å². The van der Waals surface area contributed by atoms with Gasteiger partial charge in [-0.3, -0.25) is 0 Å². The molecule has 0 aliphatic carbocycles. The van der Waals surface area contributed by atoms with Crippen molar-refractivity contribution >= 4 is 17.3 Å². The van der Waals surface area contributed by atoms with Crippen LogP contribution in [0, 0.1) is 0 Å². The number of hydrogen-bond acceptors (Lipinski definition) is 2. The second-order valence-corrected chi connectivity index (χ2v) is 7.86. The molecule has 1 heterocycles. The van der Waals surface area contributed by atoms with Gasteiger partial charge >= 0.3 is 0 Å². The molecule has 1 fully saturated rings. The molecule has 1 aliphatic rings. The number of hydrogen-bond donors (Lipinski definition) is 1. The van der Waals surface area contributed by atoms with Crippen molar-refractivity contribution in [2.45, 2.75) is 44.7 Å². The molecule has 1 atom stereocenters. The molecule has 0 bridgehead atoms. The van der Waals surface area contributed by atoms with E-state index < -0.39 is 5.13 Å². The van der Waals surface area contributed by atoms with E-state index in [1.807, 2.05) is 24.3 Å². The van der Waals surface area contributed by atoms with E-state index in [1.54, 1.807) is 0 Å². The van der Waals surface area contributed by atoms with E-state index in [4.69, 9.17) is 11.6 Å². The van der Waals surface area contributed by atoms with Gasteiger partial charge in [0.2, 0.25) is 5.13 Å². The van der Waals surface area contributed by atoms with E-state index in [1.165, 1.54) is 22.4 Å². The Labute approximate surface area is 167 Å². The lowest BCUT2D eigenvalue weighted by molar-refractivity contribution is 0.265. The molecule has 2 aromatic carbocycles. The van der Waals surface area contributed by atoms with Crippen LogP contribution in [0.25, 0.3) is 0 Å². The number of benzene rings is 2. The maximum Gasteiger partial charge on any atom is 0.209 e. The summed E-state index contributed by atoms with van der Waals surface area (Å²) in [7, 11) is 0. The van der Waals surface area contributed by atoms with Gasteiger partial charge in [0.15, 0.2) is 0 Å². The first-order chi connectivity index (χ1) is 13.0. The Bertz CT molecular complexity index is 754. The van der Waals surface area contributed by atoms with E-state index in [9.17, 15) is 0 Å². The summed E-state index contributed by atoms with van der Waals surface area (Å²) in [6.07, 6.45) is 2.75. The minimum atomic E-state index is -1.84. The quantitative estimate of drug-likeness (QED) is 0.654. The molecule has 1 saturated heterocycles. The summed E-state index contributed by atoms with van der Waals surface area (Å²) < 4.78 is 15.4. The van der Waals surface area contributed by atoms with Gasteiger partial charge in [0.05, 0.1) is 0 Å². The van der Waals surface area contributed by atoms with Crippen LogP contribution in [-0.4, -0.2) is 26.2 Å². The normalized spacial score (nSPS) is 17.0. The summed E-state index contributed by atoms with van der Waals surface area (Å²) in [6, 6.07) is 14.1. The maximum atomic E-state index is 15.4. The zero-order chi connectivity index (χ0) is 19.3. The van der Waals surface area contributed by atoms with Crippen LogP contribution in [0.5, 0.6) is 0 Å². The van der Waals surface area contributed by atoms with Crippen LogP contribution in [0.3, 0.4) is 0 Å². The first-order valence-corrected chi connectivity index (χ1v) is 10.5. The second kappa shape index (κ2) is 9.07. The van der Waals surface area contributed by atoms with Gasteiger partial charge in [-0.05, 0) is 48.1 Å². The molecular formula is C23H30ClFN2. The molecule has 0 spiro atoms. The number of halogens is 2.